The molecule has 8 heteroatoms. The van der Waals surface area contributed by atoms with Crippen LogP contribution in [0.25, 0.3) is 10.6 Å². The molecule has 0 amide bonds. The molecule has 128 valence electrons. The average Bonchev–Trinajstić information content (AvgIpc) is 3.13. The fourth-order valence-electron chi connectivity index (χ4n) is 2.23. The summed E-state index contributed by atoms with van der Waals surface area (Å²) in [6, 6.07) is 6.49. The summed E-state index contributed by atoms with van der Waals surface area (Å²) in [5.74, 6) is -0.865. The average molecular weight is 373 g/mol. The van der Waals surface area contributed by atoms with Crippen LogP contribution >= 0.6 is 22.7 Å². The predicted octanol–water partition coefficient (Wildman–Crippen LogP) is 4.15. The number of carboxylic acids is 1. The molecule has 3 aromatic rings. The Morgan fingerprint density at radius 2 is 1.92 bits per heavy atom. The quantitative estimate of drug-likeness (QED) is 0.674. The summed E-state index contributed by atoms with van der Waals surface area (Å²) in [6.45, 7) is 3.46. The normalized spacial score (nSPS) is 10.6. The molecule has 0 radical (unpaired) electrons. The minimum Gasteiger partial charge on any atom is -0.478 e. The van der Waals surface area contributed by atoms with Crippen molar-refractivity contribution in [1.29, 1.82) is 0 Å². The van der Waals surface area contributed by atoms with E-state index in [2.05, 4.69) is 15.3 Å². The van der Waals surface area contributed by atoms with Gasteiger partial charge in [0.2, 0.25) is 0 Å². The van der Waals surface area contributed by atoms with Crippen LogP contribution < -0.4 is 5.32 Å². The SMILES string of the molecule is CC(=O)Cc1nc(C)c(-c2csc(Nc3ccc(C(=O)O)cc3)n2)s1. The number of aromatic carboxylic acids is 1. The molecule has 0 bridgehead atoms. The maximum Gasteiger partial charge on any atom is 0.335 e. The lowest BCUT2D eigenvalue weighted by Gasteiger charge is -2.02. The molecule has 0 unspecified atom stereocenters. The number of thiazole rings is 2. The van der Waals surface area contributed by atoms with Gasteiger partial charge in [-0.25, -0.2) is 14.8 Å². The van der Waals surface area contributed by atoms with Crippen molar-refractivity contribution in [3.8, 4) is 10.6 Å². The highest BCUT2D eigenvalue weighted by atomic mass is 32.1. The van der Waals surface area contributed by atoms with E-state index < -0.39 is 5.97 Å². The van der Waals surface area contributed by atoms with Gasteiger partial charge in [-0.05, 0) is 38.1 Å². The molecule has 0 saturated heterocycles. The molecular weight excluding hydrogens is 358 g/mol. The van der Waals surface area contributed by atoms with Crippen molar-refractivity contribution in [1.82, 2.24) is 9.97 Å². The number of nitrogens with zero attached hydrogens (tertiary/aromatic N) is 2. The van der Waals surface area contributed by atoms with Gasteiger partial charge in [-0.15, -0.1) is 22.7 Å². The second kappa shape index (κ2) is 7.12. The number of hydrogen-bond donors (Lipinski definition) is 2. The number of carbonyl (C=O) groups excluding carboxylic acids is 1. The van der Waals surface area contributed by atoms with Gasteiger partial charge in [0.25, 0.3) is 0 Å². The minimum atomic E-state index is -0.954. The zero-order valence-electron chi connectivity index (χ0n) is 13.6. The number of nitrogens with one attached hydrogen (secondary N) is 1. The van der Waals surface area contributed by atoms with Crippen LogP contribution in [0.1, 0.15) is 28.0 Å². The smallest absolute Gasteiger partial charge is 0.335 e. The van der Waals surface area contributed by atoms with Gasteiger partial charge in [0.15, 0.2) is 5.13 Å². The Hall–Kier alpha value is -2.58. The lowest BCUT2D eigenvalue weighted by molar-refractivity contribution is -0.116. The number of carboxylic acid groups (broad SMARTS) is 1. The summed E-state index contributed by atoms with van der Waals surface area (Å²) in [7, 11) is 0. The van der Waals surface area contributed by atoms with Crippen molar-refractivity contribution in [3.63, 3.8) is 0 Å². The van der Waals surface area contributed by atoms with Crippen LogP contribution in [-0.4, -0.2) is 26.8 Å². The first-order valence-corrected chi connectivity index (χ1v) is 9.14. The van der Waals surface area contributed by atoms with Crippen LogP contribution in [0.2, 0.25) is 0 Å². The van der Waals surface area contributed by atoms with Gasteiger partial charge in [0, 0.05) is 11.1 Å². The molecule has 0 fully saturated rings. The third-order valence-corrected chi connectivity index (χ3v) is 5.30. The maximum atomic E-state index is 11.2. The molecule has 25 heavy (non-hydrogen) atoms. The molecule has 2 aromatic heterocycles. The van der Waals surface area contributed by atoms with Gasteiger partial charge < -0.3 is 10.4 Å². The Kier molecular flexibility index (Phi) is 4.91. The molecule has 6 nitrogen and oxygen atoms in total. The Bertz CT molecular complexity index is 929. The summed E-state index contributed by atoms with van der Waals surface area (Å²) in [5.41, 5.74) is 2.69. The Labute approximate surface area is 152 Å². The fraction of sp³-hybridized carbons (Fsp3) is 0.176. The first-order valence-electron chi connectivity index (χ1n) is 7.44. The third kappa shape index (κ3) is 4.09. The summed E-state index contributed by atoms with van der Waals surface area (Å²) in [4.78, 5) is 32.1. The van der Waals surface area contributed by atoms with Crippen LogP contribution in [0.3, 0.4) is 0 Å². The number of carbonyl (C=O) groups is 2. The first kappa shape index (κ1) is 17.2. The number of aromatic nitrogens is 2. The Balaban J connectivity index is 1.77. The summed E-state index contributed by atoms with van der Waals surface area (Å²) in [6.07, 6.45) is 0.344. The minimum absolute atomic E-state index is 0.0886. The van der Waals surface area contributed by atoms with Gasteiger partial charge in [-0.1, -0.05) is 0 Å². The highest BCUT2D eigenvalue weighted by Gasteiger charge is 2.14. The van der Waals surface area contributed by atoms with Crippen molar-refractivity contribution < 1.29 is 14.7 Å². The number of Topliss-reactive ketones (excluding diaryl/α,β-unsaturated/α-hetero) is 1. The van der Waals surface area contributed by atoms with Crippen molar-refractivity contribution >= 4 is 45.2 Å². The molecular formula is C17H15N3O3S2. The maximum absolute atomic E-state index is 11.2. The van der Waals surface area contributed by atoms with Gasteiger partial charge in [0.05, 0.1) is 28.2 Å². The number of anilines is 2. The number of ketones is 1. The van der Waals surface area contributed by atoms with E-state index in [4.69, 9.17) is 5.11 Å². The lowest BCUT2D eigenvalue weighted by Crippen LogP contribution is -1.96. The van der Waals surface area contributed by atoms with Gasteiger partial charge >= 0.3 is 5.97 Å². The topological polar surface area (TPSA) is 92.2 Å². The highest BCUT2D eigenvalue weighted by Crippen LogP contribution is 2.33. The number of rotatable bonds is 6. The molecule has 0 spiro atoms. The Morgan fingerprint density at radius 1 is 1.20 bits per heavy atom. The second-order valence-corrected chi connectivity index (χ2v) is 7.39. The molecule has 0 aliphatic rings. The van der Waals surface area contributed by atoms with E-state index in [9.17, 15) is 9.59 Å². The number of hydrogen-bond acceptors (Lipinski definition) is 7. The van der Waals surface area contributed by atoms with Gasteiger partial charge in [-0.3, -0.25) is 4.79 Å². The van der Waals surface area contributed by atoms with Crippen molar-refractivity contribution in [2.24, 2.45) is 0 Å². The molecule has 0 atom stereocenters. The molecule has 0 aliphatic carbocycles. The highest BCUT2D eigenvalue weighted by molar-refractivity contribution is 7.17. The zero-order chi connectivity index (χ0) is 18.0. The molecule has 0 saturated carbocycles. The van der Waals surface area contributed by atoms with E-state index in [0.29, 0.717) is 11.6 Å². The summed E-state index contributed by atoms with van der Waals surface area (Å²) < 4.78 is 0. The van der Waals surface area contributed by atoms with Crippen molar-refractivity contribution in [2.75, 3.05) is 5.32 Å². The first-order chi connectivity index (χ1) is 11.9. The van der Waals surface area contributed by atoms with Crippen LogP contribution in [0.4, 0.5) is 10.8 Å². The van der Waals surface area contributed by atoms with Crippen LogP contribution in [0.5, 0.6) is 0 Å². The van der Waals surface area contributed by atoms with Crippen molar-refractivity contribution in [3.05, 3.63) is 45.9 Å². The van der Waals surface area contributed by atoms with E-state index in [0.717, 1.165) is 27.0 Å². The molecule has 0 aliphatic heterocycles. The van der Waals surface area contributed by atoms with Gasteiger partial charge in [-0.2, -0.15) is 0 Å². The van der Waals surface area contributed by atoms with Gasteiger partial charge in [0.1, 0.15) is 10.8 Å². The van der Waals surface area contributed by atoms with E-state index in [-0.39, 0.29) is 11.3 Å². The molecule has 1 aromatic carbocycles. The van der Waals surface area contributed by atoms with Crippen LogP contribution in [0.15, 0.2) is 29.6 Å². The van der Waals surface area contributed by atoms with Crippen molar-refractivity contribution in [2.45, 2.75) is 20.3 Å². The van der Waals surface area contributed by atoms with E-state index in [1.165, 1.54) is 22.7 Å². The number of benzene rings is 1. The van der Waals surface area contributed by atoms with Crippen LogP contribution in [0, 0.1) is 6.92 Å². The number of aryl methyl sites for hydroxylation is 1. The largest absolute Gasteiger partial charge is 0.478 e. The van der Waals surface area contributed by atoms with E-state index in [1.54, 1.807) is 31.2 Å². The van der Waals surface area contributed by atoms with E-state index >= 15 is 0 Å². The lowest BCUT2D eigenvalue weighted by atomic mass is 10.2. The standard InChI is InChI=1S/C17H15N3O3S2/c1-9(21)7-14-18-10(2)15(25-14)13-8-24-17(20-13)19-12-5-3-11(4-6-12)16(22)23/h3-6,8H,7H2,1-2H3,(H,19,20)(H,22,23). The summed E-state index contributed by atoms with van der Waals surface area (Å²) in [5, 5.41) is 15.5. The zero-order valence-corrected chi connectivity index (χ0v) is 15.2. The predicted molar refractivity (Wildman–Crippen MR) is 99.0 cm³/mol. The fourth-order valence-corrected chi connectivity index (χ4v) is 4.13. The molecule has 3 rings (SSSR count). The molecule has 2 heterocycles. The monoisotopic (exact) mass is 373 g/mol. The van der Waals surface area contributed by atoms with Crippen LogP contribution in [-0.2, 0) is 11.2 Å². The van der Waals surface area contributed by atoms with E-state index in [1.807, 2.05) is 12.3 Å². The second-order valence-electron chi connectivity index (χ2n) is 5.45. The summed E-state index contributed by atoms with van der Waals surface area (Å²) >= 11 is 2.94. The molecule has 2 N–H and O–H groups in total. The third-order valence-electron chi connectivity index (χ3n) is 3.36. The Morgan fingerprint density at radius 3 is 2.56 bits per heavy atom.